The molecule has 3 nitrogen and oxygen atoms in total. The number of aryl methyl sites for hydroxylation is 1. The van der Waals surface area contributed by atoms with Gasteiger partial charge < -0.3 is 4.74 Å². The number of hydrogen-bond donors (Lipinski definition) is 0. The van der Waals surface area contributed by atoms with Gasteiger partial charge in [0.15, 0.2) is 6.23 Å². The summed E-state index contributed by atoms with van der Waals surface area (Å²) in [5.41, 5.74) is 4.85. The van der Waals surface area contributed by atoms with Gasteiger partial charge in [-0.1, -0.05) is 59.6 Å². The molecule has 2 aliphatic heterocycles. The fourth-order valence-corrected chi connectivity index (χ4v) is 3.99. The predicted octanol–water partition coefficient (Wildman–Crippen LogP) is 5.67. The molecule has 0 amide bonds. The Labute approximate surface area is 157 Å². The van der Waals surface area contributed by atoms with Gasteiger partial charge in [0.25, 0.3) is 0 Å². The van der Waals surface area contributed by atoms with Crippen LogP contribution in [0, 0.1) is 12.8 Å². The number of nitrogens with zero attached hydrogens (tertiary/aromatic N) is 2. The Morgan fingerprint density at radius 1 is 1.20 bits per heavy atom. The molecular formula is C21H23BrN2O. The summed E-state index contributed by atoms with van der Waals surface area (Å²) in [5.74, 6) is 1.55. The maximum Gasteiger partial charge on any atom is 0.188 e. The monoisotopic (exact) mass is 398 g/mol. The summed E-state index contributed by atoms with van der Waals surface area (Å²) in [6.07, 6.45) is 1.89. The third-order valence-electron chi connectivity index (χ3n) is 4.89. The van der Waals surface area contributed by atoms with Gasteiger partial charge in [-0.15, -0.1) is 0 Å². The number of benzene rings is 2. The Hall–Kier alpha value is -1.81. The van der Waals surface area contributed by atoms with Crippen molar-refractivity contribution in [1.82, 2.24) is 5.01 Å². The van der Waals surface area contributed by atoms with Gasteiger partial charge in [0, 0.05) is 22.9 Å². The van der Waals surface area contributed by atoms with E-state index in [0.29, 0.717) is 5.92 Å². The van der Waals surface area contributed by atoms with Crippen molar-refractivity contribution >= 4 is 21.6 Å². The van der Waals surface area contributed by atoms with Gasteiger partial charge in [0.1, 0.15) is 5.75 Å². The highest BCUT2D eigenvalue weighted by Crippen LogP contribution is 2.45. The average molecular weight is 399 g/mol. The molecule has 2 aliphatic rings. The second kappa shape index (κ2) is 6.49. The van der Waals surface area contributed by atoms with Gasteiger partial charge in [-0.2, -0.15) is 5.10 Å². The number of hydrazone groups is 1. The largest absolute Gasteiger partial charge is 0.469 e. The molecule has 2 aromatic carbocycles. The molecule has 0 saturated heterocycles. The molecule has 0 saturated carbocycles. The number of ether oxygens (including phenoxy) is 1. The molecular weight excluding hydrogens is 376 g/mol. The van der Waals surface area contributed by atoms with Crippen LogP contribution in [0.25, 0.3) is 0 Å². The van der Waals surface area contributed by atoms with E-state index in [1.807, 2.05) is 0 Å². The minimum absolute atomic E-state index is 0.00150. The zero-order chi connectivity index (χ0) is 17.6. The van der Waals surface area contributed by atoms with E-state index in [-0.39, 0.29) is 12.3 Å². The first-order valence-corrected chi connectivity index (χ1v) is 9.69. The summed E-state index contributed by atoms with van der Waals surface area (Å²) in [4.78, 5) is 0. The van der Waals surface area contributed by atoms with Gasteiger partial charge in [0.05, 0.1) is 11.8 Å². The fourth-order valence-electron chi connectivity index (χ4n) is 3.61. The number of hydrogen-bond acceptors (Lipinski definition) is 3. The van der Waals surface area contributed by atoms with Crippen molar-refractivity contribution in [3.63, 3.8) is 0 Å². The summed E-state index contributed by atoms with van der Waals surface area (Å²) in [6.45, 7) is 6.58. The molecule has 0 unspecified atom stereocenters. The highest BCUT2D eigenvalue weighted by atomic mass is 79.9. The SMILES string of the molecule is Cc1ccc(C2=NN3[C@H](CC(C)C)Oc4ccc(Br)cc4[C@@H]3C2)cc1. The Bertz CT molecular complexity index is 813. The normalized spacial score (nSPS) is 21.6. The molecule has 0 radical (unpaired) electrons. The Morgan fingerprint density at radius 2 is 1.96 bits per heavy atom. The first-order chi connectivity index (χ1) is 12.0. The van der Waals surface area contributed by atoms with Gasteiger partial charge in [-0.05, 0) is 36.6 Å². The molecule has 0 aliphatic carbocycles. The minimum Gasteiger partial charge on any atom is -0.469 e. The van der Waals surface area contributed by atoms with Crippen molar-refractivity contribution in [3.8, 4) is 5.75 Å². The maximum atomic E-state index is 6.31. The second-order valence-corrected chi connectivity index (χ2v) is 8.31. The average Bonchev–Trinajstić information content (AvgIpc) is 3.01. The smallest absolute Gasteiger partial charge is 0.188 e. The van der Waals surface area contributed by atoms with Crippen LogP contribution in [-0.4, -0.2) is 16.9 Å². The molecule has 2 atom stereocenters. The van der Waals surface area contributed by atoms with Crippen LogP contribution in [0.15, 0.2) is 52.0 Å². The van der Waals surface area contributed by atoms with Gasteiger partial charge in [-0.25, -0.2) is 0 Å². The van der Waals surface area contributed by atoms with Crippen molar-refractivity contribution in [3.05, 3.63) is 63.6 Å². The van der Waals surface area contributed by atoms with E-state index >= 15 is 0 Å². The topological polar surface area (TPSA) is 24.8 Å². The maximum absolute atomic E-state index is 6.31. The molecule has 0 fully saturated rings. The summed E-state index contributed by atoms with van der Waals surface area (Å²) in [5, 5.41) is 7.17. The molecule has 4 rings (SSSR count). The molecule has 0 spiro atoms. The third-order valence-corrected chi connectivity index (χ3v) is 5.38. The second-order valence-electron chi connectivity index (χ2n) is 7.40. The van der Waals surface area contributed by atoms with E-state index in [1.54, 1.807) is 0 Å². The van der Waals surface area contributed by atoms with Crippen LogP contribution in [0.3, 0.4) is 0 Å². The zero-order valence-electron chi connectivity index (χ0n) is 14.9. The highest BCUT2D eigenvalue weighted by molar-refractivity contribution is 9.10. The van der Waals surface area contributed by atoms with Gasteiger partial charge >= 0.3 is 0 Å². The van der Waals surface area contributed by atoms with Crippen LogP contribution in [0.2, 0.25) is 0 Å². The Kier molecular flexibility index (Phi) is 4.32. The van der Waals surface area contributed by atoms with Gasteiger partial charge in [0.2, 0.25) is 0 Å². The molecule has 0 N–H and O–H groups in total. The van der Waals surface area contributed by atoms with Crippen LogP contribution in [0.4, 0.5) is 0 Å². The molecule has 2 aromatic rings. The summed E-state index contributed by atoms with van der Waals surface area (Å²) >= 11 is 3.60. The summed E-state index contributed by atoms with van der Waals surface area (Å²) < 4.78 is 7.40. The van der Waals surface area contributed by atoms with Crippen molar-refractivity contribution in [1.29, 1.82) is 0 Å². The molecule has 25 heavy (non-hydrogen) atoms. The van der Waals surface area contributed by atoms with Crippen molar-refractivity contribution in [2.75, 3.05) is 0 Å². The first kappa shape index (κ1) is 16.6. The van der Waals surface area contributed by atoms with Crippen molar-refractivity contribution < 1.29 is 4.74 Å². The lowest BCUT2D eigenvalue weighted by Gasteiger charge is -2.38. The van der Waals surface area contributed by atoms with E-state index in [2.05, 4.69) is 84.2 Å². The first-order valence-electron chi connectivity index (χ1n) is 8.90. The van der Waals surface area contributed by atoms with Gasteiger partial charge in [-0.3, -0.25) is 5.01 Å². The zero-order valence-corrected chi connectivity index (χ0v) is 16.5. The highest BCUT2D eigenvalue weighted by Gasteiger charge is 2.40. The van der Waals surface area contributed by atoms with E-state index in [0.717, 1.165) is 28.8 Å². The Morgan fingerprint density at radius 3 is 2.68 bits per heavy atom. The molecule has 4 heteroatoms. The van der Waals surface area contributed by atoms with Crippen molar-refractivity contribution in [2.24, 2.45) is 11.0 Å². The molecule has 0 bridgehead atoms. The van der Waals surface area contributed by atoms with Crippen LogP contribution in [-0.2, 0) is 0 Å². The van der Waals surface area contributed by atoms with E-state index < -0.39 is 0 Å². The number of rotatable bonds is 3. The fraction of sp³-hybridized carbons (Fsp3) is 0.381. The quantitative estimate of drug-likeness (QED) is 0.664. The summed E-state index contributed by atoms with van der Waals surface area (Å²) in [7, 11) is 0. The number of halogens is 1. The number of fused-ring (bicyclic) bond motifs is 3. The molecule has 2 heterocycles. The standard InChI is InChI=1S/C21H23BrN2O/c1-13(2)10-21-24-19(17-11-16(22)8-9-20(17)25-21)12-18(23-24)15-6-4-14(3)5-7-15/h4-9,11,13,19,21H,10,12H2,1-3H3/t19-,21-/m0/s1. The van der Waals surface area contributed by atoms with Crippen molar-refractivity contribution in [2.45, 2.75) is 45.9 Å². The molecule has 130 valence electrons. The summed E-state index contributed by atoms with van der Waals surface area (Å²) in [6, 6.07) is 15.2. The lowest BCUT2D eigenvalue weighted by molar-refractivity contribution is -0.0291. The van der Waals surface area contributed by atoms with Crippen LogP contribution in [0.5, 0.6) is 5.75 Å². The molecule has 0 aromatic heterocycles. The lowest BCUT2D eigenvalue weighted by atomic mass is 9.95. The predicted molar refractivity (Wildman–Crippen MR) is 105 cm³/mol. The lowest BCUT2D eigenvalue weighted by Crippen LogP contribution is -2.41. The van der Waals surface area contributed by atoms with E-state index in [9.17, 15) is 0 Å². The van der Waals surface area contributed by atoms with Crippen LogP contribution >= 0.6 is 15.9 Å². The minimum atomic E-state index is 0.00150. The van der Waals surface area contributed by atoms with E-state index in [1.165, 1.54) is 16.7 Å². The van der Waals surface area contributed by atoms with E-state index in [4.69, 9.17) is 9.84 Å². The van der Waals surface area contributed by atoms with Crippen LogP contribution in [0.1, 0.15) is 49.4 Å². The third kappa shape index (κ3) is 3.20. The van der Waals surface area contributed by atoms with Crippen LogP contribution < -0.4 is 4.74 Å². The Balaban J connectivity index is 1.72.